The lowest BCUT2D eigenvalue weighted by Crippen LogP contribution is -2.18. The molecule has 22 heavy (non-hydrogen) atoms. The number of nitrogens with one attached hydrogen (secondary N) is 1. The predicted molar refractivity (Wildman–Crippen MR) is 85.2 cm³/mol. The third-order valence-electron chi connectivity index (χ3n) is 2.61. The Kier molecular flexibility index (Phi) is 4.88. The molecule has 0 aliphatic carbocycles. The van der Waals surface area contributed by atoms with E-state index in [0.29, 0.717) is 5.56 Å². The maximum absolute atomic E-state index is 11.9. The van der Waals surface area contributed by atoms with E-state index in [1.54, 1.807) is 12.1 Å². The van der Waals surface area contributed by atoms with Gasteiger partial charge in [0.2, 0.25) is 0 Å². The first-order valence-corrected chi connectivity index (χ1v) is 8.21. The topological polar surface area (TPSA) is 102 Å². The van der Waals surface area contributed by atoms with E-state index < -0.39 is 14.9 Å². The molecule has 1 N–H and O–H groups in total. The summed E-state index contributed by atoms with van der Waals surface area (Å²) in [5, 5.41) is 14.2. The van der Waals surface area contributed by atoms with Crippen LogP contribution in [0.1, 0.15) is 5.56 Å². The van der Waals surface area contributed by atoms with Crippen LogP contribution in [0.25, 0.3) is 0 Å². The van der Waals surface area contributed by atoms with Crippen molar-refractivity contribution in [3.05, 3.63) is 68.7 Å². The van der Waals surface area contributed by atoms with Crippen LogP contribution in [0.4, 0.5) is 5.69 Å². The Bertz CT molecular complexity index is 802. The molecule has 0 saturated carbocycles. The summed E-state index contributed by atoms with van der Waals surface area (Å²) in [6.45, 7) is 0. The molecular weight excluding hydrogens is 374 g/mol. The molecule has 9 heteroatoms. The van der Waals surface area contributed by atoms with Gasteiger partial charge in [0.1, 0.15) is 0 Å². The van der Waals surface area contributed by atoms with Gasteiger partial charge in [-0.2, -0.15) is 13.5 Å². The third-order valence-corrected chi connectivity index (χ3v) is 4.38. The number of hydrogen-bond donors (Lipinski definition) is 1. The quantitative estimate of drug-likeness (QED) is 0.486. The van der Waals surface area contributed by atoms with Crippen molar-refractivity contribution in [2.75, 3.05) is 0 Å². The lowest BCUT2D eigenvalue weighted by molar-refractivity contribution is -0.384. The highest BCUT2D eigenvalue weighted by molar-refractivity contribution is 9.10. The second-order valence-corrected chi connectivity index (χ2v) is 6.73. The van der Waals surface area contributed by atoms with Crippen LogP contribution >= 0.6 is 15.9 Å². The Morgan fingerprint density at radius 1 is 1.09 bits per heavy atom. The Balaban J connectivity index is 2.08. The van der Waals surface area contributed by atoms with Crippen LogP contribution in [0.2, 0.25) is 0 Å². The van der Waals surface area contributed by atoms with Crippen LogP contribution in [0.3, 0.4) is 0 Å². The molecule has 0 radical (unpaired) electrons. The van der Waals surface area contributed by atoms with Crippen molar-refractivity contribution in [2.45, 2.75) is 4.90 Å². The summed E-state index contributed by atoms with van der Waals surface area (Å²) < 4.78 is 24.7. The van der Waals surface area contributed by atoms with Gasteiger partial charge in [0.05, 0.1) is 16.0 Å². The number of nitro benzene ring substituents is 1. The zero-order valence-electron chi connectivity index (χ0n) is 11.0. The molecule has 0 spiro atoms. The van der Waals surface area contributed by atoms with Crippen molar-refractivity contribution in [1.82, 2.24) is 4.83 Å². The molecule has 7 nitrogen and oxygen atoms in total. The van der Waals surface area contributed by atoms with Gasteiger partial charge in [-0.25, -0.2) is 4.83 Å². The normalized spacial score (nSPS) is 11.5. The van der Waals surface area contributed by atoms with Crippen LogP contribution in [0, 0.1) is 10.1 Å². The van der Waals surface area contributed by atoms with Gasteiger partial charge in [0.15, 0.2) is 0 Å². The molecule has 0 amide bonds. The van der Waals surface area contributed by atoms with Crippen LogP contribution in [0.15, 0.2) is 63.0 Å². The fourth-order valence-corrected chi connectivity index (χ4v) is 2.57. The van der Waals surface area contributed by atoms with Gasteiger partial charge in [0.25, 0.3) is 15.7 Å². The molecule has 2 aromatic carbocycles. The van der Waals surface area contributed by atoms with Gasteiger partial charge in [-0.1, -0.05) is 15.9 Å². The van der Waals surface area contributed by atoms with Crippen molar-refractivity contribution in [3.8, 4) is 0 Å². The molecule has 0 fully saturated rings. The number of nitro groups is 1. The molecule has 0 aliphatic heterocycles. The van der Waals surface area contributed by atoms with Crippen molar-refractivity contribution < 1.29 is 13.3 Å². The Labute approximate surface area is 135 Å². The van der Waals surface area contributed by atoms with E-state index in [0.717, 1.165) is 4.47 Å². The number of hydrazone groups is 1. The Morgan fingerprint density at radius 3 is 2.23 bits per heavy atom. The van der Waals surface area contributed by atoms with Crippen molar-refractivity contribution in [3.63, 3.8) is 0 Å². The summed E-state index contributed by atoms with van der Waals surface area (Å²) in [6, 6.07) is 11.6. The first-order chi connectivity index (χ1) is 10.4. The summed E-state index contributed by atoms with van der Waals surface area (Å²) in [5.74, 6) is 0. The Morgan fingerprint density at radius 2 is 1.68 bits per heavy atom. The molecule has 0 heterocycles. The number of benzene rings is 2. The number of sulfonamides is 1. The minimum atomic E-state index is -3.75. The molecule has 0 aliphatic rings. The van der Waals surface area contributed by atoms with Crippen molar-refractivity contribution in [1.29, 1.82) is 0 Å². The monoisotopic (exact) mass is 383 g/mol. The molecule has 114 valence electrons. The van der Waals surface area contributed by atoms with Crippen LogP contribution in [-0.2, 0) is 10.0 Å². The SMILES string of the molecule is O=[N+]([O-])c1ccc(/C=N/NS(=O)(=O)c2ccc(Br)cc2)cc1. The summed E-state index contributed by atoms with van der Waals surface area (Å²) in [5.41, 5.74) is 0.483. The van der Waals surface area contributed by atoms with E-state index in [1.807, 2.05) is 0 Å². The molecule has 0 saturated heterocycles. The maximum atomic E-state index is 11.9. The fraction of sp³-hybridized carbons (Fsp3) is 0. The standard InChI is InChI=1S/C13H10BrN3O4S/c14-11-3-7-13(8-4-11)22(20,21)16-15-9-10-1-5-12(6-2-10)17(18)19/h1-9,16H/b15-9+. The van der Waals surface area contributed by atoms with Gasteiger partial charge in [-0.3, -0.25) is 10.1 Å². The smallest absolute Gasteiger partial charge is 0.258 e. The first-order valence-electron chi connectivity index (χ1n) is 5.93. The third kappa shape index (κ3) is 4.12. The number of halogens is 1. The van der Waals surface area contributed by atoms with Crippen molar-refractivity contribution >= 4 is 37.9 Å². The first kappa shape index (κ1) is 16.1. The van der Waals surface area contributed by atoms with E-state index in [2.05, 4.69) is 25.9 Å². The number of rotatable bonds is 5. The summed E-state index contributed by atoms with van der Waals surface area (Å²) in [6.07, 6.45) is 1.26. The number of non-ortho nitro benzene ring substituents is 1. The molecule has 2 aromatic rings. The number of hydrogen-bond acceptors (Lipinski definition) is 5. The zero-order chi connectivity index (χ0) is 16.2. The van der Waals surface area contributed by atoms with Gasteiger partial charge in [0, 0.05) is 16.6 Å². The molecule has 0 bridgehead atoms. The van der Waals surface area contributed by atoms with E-state index in [9.17, 15) is 18.5 Å². The van der Waals surface area contributed by atoms with E-state index >= 15 is 0 Å². The summed E-state index contributed by atoms with van der Waals surface area (Å²) >= 11 is 3.22. The van der Waals surface area contributed by atoms with Gasteiger partial charge >= 0.3 is 0 Å². The van der Waals surface area contributed by atoms with Gasteiger partial charge in [-0.15, -0.1) is 0 Å². The van der Waals surface area contributed by atoms with Crippen LogP contribution < -0.4 is 4.83 Å². The van der Waals surface area contributed by atoms with E-state index in [-0.39, 0.29) is 10.6 Å². The highest BCUT2D eigenvalue weighted by atomic mass is 79.9. The largest absolute Gasteiger partial charge is 0.276 e. The van der Waals surface area contributed by atoms with Crippen LogP contribution in [0.5, 0.6) is 0 Å². The molecule has 0 unspecified atom stereocenters. The molecule has 2 rings (SSSR count). The average molecular weight is 384 g/mol. The van der Waals surface area contributed by atoms with Crippen molar-refractivity contribution in [2.24, 2.45) is 5.10 Å². The zero-order valence-corrected chi connectivity index (χ0v) is 13.4. The fourth-order valence-electron chi connectivity index (χ4n) is 1.52. The molecule has 0 atom stereocenters. The average Bonchev–Trinajstić information content (AvgIpc) is 2.48. The van der Waals surface area contributed by atoms with E-state index in [1.165, 1.54) is 42.6 Å². The minimum Gasteiger partial charge on any atom is -0.258 e. The highest BCUT2D eigenvalue weighted by Gasteiger charge is 2.11. The molecular formula is C13H10BrN3O4S. The summed E-state index contributed by atoms with van der Waals surface area (Å²) in [7, 11) is -3.75. The maximum Gasteiger partial charge on any atom is 0.276 e. The second kappa shape index (κ2) is 6.67. The lowest BCUT2D eigenvalue weighted by atomic mass is 10.2. The lowest BCUT2D eigenvalue weighted by Gasteiger charge is -2.03. The minimum absolute atomic E-state index is 0.0485. The predicted octanol–water partition coefficient (Wildman–Crippen LogP) is 2.67. The second-order valence-electron chi connectivity index (χ2n) is 4.16. The Hall–Kier alpha value is -2.26. The number of nitrogens with zero attached hydrogens (tertiary/aromatic N) is 2. The molecule has 0 aromatic heterocycles. The van der Waals surface area contributed by atoms with Gasteiger partial charge in [-0.05, 0) is 42.0 Å². The summed E-state index contributed by atoms with van der Waals surface area (Å²) in [4.78, 5) is 12.2. The van der Waals surface area contributed by atoms with Crippen LogP contribution in [-0.4, -0.2) is 19.6 Å². The van der Waals surface area contributed by atoms with Gasteiger partial charge < -0.3 is 0 Å². The highest BCUT2D eigenvalue weighted by Crippen LogP contribution is 2.14. The van der Waals surface area contributed by atoms with E-state index in [4.69, 9.17) is 0 Å².